The van der Waals surface area contributed by atoms with Gasteiger partial charge in [0.25, 0.3) is 0 Å². The summed E-state index contributed by atoms with van der Waals surface area (Å²) in [7, 11) is 0. The quantitative estimate of drug-likeness (QED) is 0.425. The van der Waals surface area contributed by atoms with Crippen molar-refractivity contribution in [2.45, 2.75) is 34.1 Å². The molecule has 0 aliphatic heterocycles. The fourth-order valence-electron chi connectivity index (χ4n) is 0.813. The van der Waals surface area contributed by atoms with Gasteiger partial charge in [-0.1, -0.05) is 26.0 Å². The van der Waals surface area contributed by atoms with Gasteiger partial charge in [-0.05, 0) is 37.8 Å². The Morgan fingerprint density at radius 2 is 2.00 bits per heavy atom. The summed E-state index contributed by atoms with van der Waals surface area (Å²) in [5.74, 6) is 0.593. The van der Waals surface area contributed by atoms with Crippen molar-refractivity contribution in [2.75, 3.05) is 0 Å². The molecule has 0 nitrogen and oxygen atoms in total. The first-order valence-corrected chi connectivity index (χ1v) is 4.09. The predicted molar refractivity (Wildman–Crippen MR) is 51.5 cm³/mol. The number of hydrogen-bond acceptors (Lipinski definition) is 0. The molecule has 0 fully saturated rings. The van der Waals surface area contributed by atoms with Gasteiger partial charge < -0.3 is 0 Å². The zero-order valence-corrected chi connectivity index (χ0v) is 8.07. The Hall–Kier alpha value is -0.740. The summed E-state index contributed by atoms with van der Waals surface area (Å²) in [6, 6.07) is 0. The van der Waals surface area contributed by atoms with E-state index in [1.165, 1.54) is 11.1 Å². The molecule has 0 saturated heterocycles. The molecule has 0 rings (SSSR count). The second-order valence-corrected chi connectivity index (χ2v) is 3.47. The number of allylic oxidation sites excluding steroid dienone is 2. The summed E-state index contributed by atoms with van der Waals surface area (Å²) in [6.45, 7) is 12.3. The Balaban J connectivity index is 4.10. The van der Waals surface area contributed by atoms with Gasteiger partial charge in [0.15, 0.2) is 0 Å². The zero-order valence-electron chi connectivity index (χ0n) is 8.07. The molecule has 0 aromatic carbocycles. The molecule has 0 saturated carbocycles. The highest BCUT2D eigenvalue weighted by Crippen LogP contribution is 2.06. The fraction of sp³-hybridized carbons (Fsp3) is 0.545. The minimum absolute atomic E-state index is 0.593. The van der Waals surface area contributed by atoms with Gasteiger partial charge in [0, 0.05) is 0 Å². The van der Waals surface area contributed by atoms with Crippen molar-refractivity contribution in [3.05, 3.63) is 29.5 Å². The fourth-order valence-corrected chi connectivity index (χ4v) is 0.813. The molecule has 0 N–H and O–H groups in total. The molecule has 0 heterocycles. The van der Waals surface area contributed by atoms with E-state index in [4.69, 9.17) is 0 Å². The first-order chi connectivity index (χ1) is 5.02. The lowest BCUT2D eigenvalue weighted by atomic mass is 10.1. The lowest BCUT2D eigenvalue weighted by Crippen LogP contribution is -1.78. The molecule has 0 atom stereocenters. The van der Waals surface area contributed by atoms with Gasteiger partial charge in [0.2, 0.25) is 0 Å². The number of hydrogen-bond donors (Lipinski definition) is 0. The smallest absolute Gasteiger partial charge is 0.00406 e. The van der Waals surface area contributed by atoms with Crippen LogP contribution < -0.4 is 0 Å². The van der Waals surface area contributed by atoms with Crippen LogP contribution in [0.25, 0.3) is 0 Å². The van der Waals surface area contributed by atoms with Crippen LogP contribution in [0.4, 0.5) is 0 Å². The lowest BCUT2D eigenvalue weighted by Gasteiger charge is -1.95. The molecule has 0 spiro atoms. The van der Waals surface area contributed by atoms with E-state index in [0.29, 0.717) is 5.92 Å². The summed E-state index contributed by atoms with van der Waals surface area (Å²) >= 11 is 0. The Bertz CT molecular complexity index is 188. The maximum Gasteiger partial charge on any atom is -0.00406 e. The van der Waals surface area contributed by atoms with Gasteiger partial charge in [0.1, 0.15) is 0 Å². The molecule has 11 heavy (non-hydrogen) atoms. The van der Waals surface area contributed by atoms with E-state index in [1.807, 2.05) is 6.92 Å². The third kappa shape index (κ3) is 7.15. The first kappa shape index (κ1) is 10.3. The third-order valence-electron chi connectivity index (χ3n) is 1.23. The van der Waals surface area contributed by atoms with E-state index in [9.17, 15) is 0 Å². The molecule has 0 unspecified atom stereocenters. The zero-order chi connectivity index (χ0) is 8.85. The minimum Gasteiger partial charge on any atom is -0.126 e. The van der Waals surface area contributed by atoms with Gasteiger partial charge >= 0.3 is 0 Å². The van der Waals surface area contributed by atoms with E-state index in [1.54, 1.807) is 0 Å². The largest absolute Gasteiger partial charge is 0.126 e. The third-order valence-corrected chi connectivity index (χ3v) is 1.23. The van der Waals surface area contributed by atoms with Crippen LogP contribution in [0, 0.1) is 5.92 Å². The van der Waals surface area contributed by atoms with Crippen LogP contribution in [-0.4, -0.2) is 0 Å². The average Bonchev–Trinajstić information content (AvgIpc) is 1.82. The molecule has 0 aromatic heterocycles. The summed E-state index contributed by atoms with van der Waals surface area (Å²) in [6.07, 6.45) is 3.07. The van der Waals surface area contributed by atoms with Crippen LogP contribution in [0.3, 0.4) is 0 Å². The molecule has 0 aliphatic rings. The molecule has 0 bridgehead atoms. The highest BCUT2D eigenvalue weighted by Gasteiger charge is 1.87. The first-order valence-electron chi connectivity index (χ1n) is 4.09. The molecule has 0 amide bonds. The van der Waals surface area contributed by atoms with Crippen LogP contribution in [-0.2, 0) is 0 Å². The molecular formula is C11H18. The Labute approximate surface area is 70.3 Å². The average molecular weight is 150 g/mol. The topological polar surface area (TPSA) is 0 Å². The highest BCUT2D eigenvalue weighted by molar-refractivity contribution is 5.08. The van der Waals surface area contributed by atoms with E-state index in [-0.39, 0.29) is 0 Å². The van der Waals surface area contributed by atoms with Crippen molar-refractivity contribution in [1.29, 1.82) is 0 Å². The molecule has 0 heteroatoms. The molecule has 0 aromatic rings. The summed E-state index contributed by atoms with van der Waals surface area (Å²) in [4.78, 5) is 0. The molecule has 0 radical (unpaired) electrons. The minimum atomic E-state index is 0.593. The van der Waals surface area contributed by atoms with E-state index in [0.717, 1.165) is 6.42 Å². The van der Waals surface area contributed by atoms with Crippen LogP contribution in [0.15, 0.2) is 29.5 Å². The van der Waals surface area contributed by atoms with Crippen LogP contribution in [0.1, 0.15) is 34.1 Å². The second-order valence-electron chi connectivity index (χ2n) is 3.47. The van der Waals surface area contributed by atoms with Crippen molar-refractivity contribution in [3.8, 4) is 0 Å². The van der Waals surface area contributed by atoms with Crippen molar-refractivity contribution in [3.63, 3.8) is 0 Å². The monoisotopic (exact) mass is 150 g/mol. The Morgan fingerprint density at radius 3 is 2.36 bits per heavy atom. The van der Waals surface area contributed by atoms with Crippen molar-refractivity contribution in [1.82, 2.24) is 0 Å². The van der Waals surface area contributed by atoms with E-state index >= 15 is 0 Å². The summed E-state index contributed by atoms with van der Waals surface area (Å²) in [5, 5.41) is 0. The second kappa shape index (κ2) is 4.98. The predicted octanol–water partition coefficient (Wildman–Crippen LogP) is 3.71. The van der Waals surface area contributed by atoms with E-state index in [2.05, 4.69) is 39.2 Å². The maximum atomic E-state index is 3.85. The van der Waals surface area contributed by atoms with Crippen LogP contribution in [0.5, 0.6) is 0 Å². The van der Waals surface area contributed by atoms with Crippen LogP contribution >= 0.6 is 0 Å². The van der Waals surface area contributed by atoms with Gasteiger partial charge in [-0.3, -0.25) is 0 Å². The SMILES string of the molecule is C=C(C)CC(C)=C=CC(C)C. The molecular weight excluding hydrogens is 132 g/mol. The van der Waals surface area contributed by atoms with Gasteiger partial charge in [-0.2, -0.15) is 0 Å². The van der Waals surface area contributed by atoms with Crippen molar-refractivity contribution >= 4 is 0 Å². The highest BCUT2D eigenvalue weighted by atomic mass is 13.9. The van der Waals surface area contributed by atoms with E-state index < -0.39 is 0 Å². The summed E-state index contributed by atoms with van der Waals surface area (Å²) < 4.78 is 0. The van der Waals surface area contributed by atoms with Gasteiger partial charge in [-0.15, -0.1) is 5.73 Å². The molecule has 62 valence electrons. The van der Waals surface area contributed by atoms with Gasteiger partial charge in [-0.25, -0.2) is 0 Å². The Kier molecular flexibility index (Phi) is 4.65. The van der Waals surface area contributed by atoms with Gasteiger partial charge in [0.05, 0.1) is 0 Å². The number of rotatable bonds is 3. The van der Waals surface area contributed by atoms with Crippen molar-refractivity contribution in [2.24, 2.45) is 5.92 Å². The Morgan fingerprint density at radius 1 is 1.45 bits per heavy atom. The molecule has 0 aliphatic carbocycles. The maximum absolute atomic E-state index is 3.85. The standard InChI is InChI=1S/C11H18/c1-9(2)6-7-11(5)8-10(3)4/h6,9H,3,8H2,1-2,4-5H3. The lowest BCUT2D eigenvalue weighted by molar-refractivity contribution is 0.832. The summed E-state index contributed by atoms with van der Waals surface area (Å²) in [5.41, 5.74) is 5.71. The van der Waals surface area contributed by atoms with Crippen LogP contribution in [0.2, 0.25) is 0 Å². The van der Waals surface area contributed by atoms with Crippen molar-refractivity contribution < 1.29 is 0 Å². The normalized spacial score (nSPS) is 9.18.